The number of amides is 1. The van der Waals surface area contributed by atoms with Gasteiger partial charge in [-0.15, -0.1) is 0 Å². The maximum atomic E-state index is 13.2. The van der Waals surface area contributed by atoms with Crippen molar-refractivity contribution in [1.82, 2.24) is 14.9 Å². The molecule has 1 atom stereocenters. The molecule has 1 aromatic carbocycles. The second-order valence-electron chi connectivity index (χ2n) is 6.96. The normalized spacial score (nSPS) is 17.0. The van der Waals surface area contributed by atoms with E-state index in [0.717, 1.165) is 29.5 Å². The van der Waals surface area contributed by atoms with Crippen LogP contribution in [0.4, 0.5) is 0 Å². The minimum absolute atomic E-state index is 0.103. The minimum atomic E-state index is -0.103. The molecule has 4 rings (SSSR count). The molecule has 1 amide bonds. The van der Waals surface area contributed by atoms with E-state index in [0.29, 0.717) is 35.9 Å². The van der Waals surface area contributed by atoms with Crippen LogP contribution in [0.3, 0.4) is 0 Å². The van der Waals surface area contributed by atoms with E-state index in [1.54, 1.807) is 26.7 Å². The van der Waals surface area contributed by atoms with E-state index in [-0.39, 0.29) is 11.8 Å². The Morgan fingerprint density at radius 1 is 1.25 bits per heavy atom. The van der Waals surface area contributed by atoms with E-state index in [1.807, 2.05) is 30.0 Å². The SMILES string of the molecule is COc1ccc2c(C)c(C(=O)N3CCC[C@H](c4ccncn4)C3)oc2c1OC. The lowest BCUT2D eigenvalue weighted by Crippen LogP contribution is -2.39. The van der Waals surface area contributed by atoms with Crippen molar-refractivity contribution in [3.8, 4) is 11.5 Å². The molecule has 0 aliphatic carbocycles. The Morgan fingerprint density at radius 2 is 2.11 bits per heavy atom. The summed E-state index contributed by atoms with van der Waals surface area (Å²) in [7, 11) is 3.14. The molecule has 1 saturated heterocycles. The van der Waals surface area contributed by atoms with Gasteiger partial charge in [0.25, 0.3) is 5.91 Å². The van der Waals surface area contributed by atoms with Gasteiger partial charge in [0.2, 0.25) is 5.75 Å². The Morgan fingerprint density at radius 3 is 2.82 bits per heavy atom. The molecular weight excluding hydrogens is 358 g/mol. The molecule has 7 heteroatoms. The topological polar surface area (TPSA) is 77.7 Å². The third-order valence-electron chi connectivity index (χ3n) is 5.37. The smallest absolute Gasteiger partial charge is 0.289 e. The van der Waals surface area contributed by atoms with E-state index in [1.165, 1.54) is 0 Å². The Bertz CT molecular complexity index is 1000. The molecule has 0 spiro atoms. The van der Waals surface area contributed by atoms with E-state index in [2.05, 4.69) is 9.97 Å². The molecule has 0 N–H and O–H groups in total. The highest BCUT2D eigenvalue weighted by Crippen LogP contribution is 2.39. The van der Waals surface area contributed by atoms with Crippen molar-refractivity contribution in [3.05, 3.63) is 47.7 Å². The molecule has 3 aromatic rings. The van der Waals surface area contributed by atoms with Gasteiger partial charge in [0.1, 0.15) is 6.33 Å². The molecule has 1 aliphatic rings. The van der Waals surface area contributed by atoms with Gasteiger partial charge in [-0.1, -0.05) is 0 Å². The number of carbonyl (C=O) groups excluding carboxylic acids is 1. The van der Waals surface area contributed by atoms with Crippen molar-refractivity contribution in [2.45, 2.75) is 25.7 Å². The van der Waals surface area contributed by atoms with Gasteiger partial charge in [0.05, 0.1) is 14.2 Å². The van der Waals surface area contributed by atoms with Crippen LogP contribution in [0, 0.1) is 6.92 Å². The fourth-order valence-corrected chi connectivity index (χ4v) is 3.89. The number of furan rings is 1. The zero-order chi connectivity index (χ0) is 19.7. The van der Waals surface area contributed by atoms with Crippen LogP contribution in [0.15, 0.2) is 35.1 Å². The van der Waals surface area contributed by atoms with Gasteiger partial charge in [-0.05, 0) is 38.0 Å². The number of hydrogen-bond acceptors (Lipinski definition) is 6. The number of hydrogen-bond donors (Lipinski definition) is 0. The summed E-state index contributed by atoms with van der Waals surface area (Å²) in [6, 6.07) is 5.64. The number of ether oxygens (including phenoxy) is 2. The van der Waals surface area contributed by atoms with Crippen LogP contribution in [0.5, 0.6) is 11.5 Å². The number of likely N-dealkylation sites (tertiary alicyclic amines) is 1. The lowest BCUT2D eigenvalue weighted by molar-refractivity contribution is 0.0675. The number of fused-ring (bicyclic) bond motifs is 1. The zero-order valence-electron chi connectivity index (χ0n) is 16.3. The highest BCUT2D eigenvalue weighted by Gasteiger charge is 2.30. The molecule has 146 valence electrons. The Hall–Kier alpha value is -3.09. The minimum Gasteiger partial charge on any atom is -0.493 e. The first-order valence-corrected chi connectivity index (χ1v) is 9.33. The third kappa shape index (κ3) is 3.06. The van der Waals surface area contributed by atoms with E-state index in [9.17, 15) is 4.79 Å². The van der Waals surface area contributed by atoms with Gasteiger partial charge in [0, 0.05) is 41.8 Å². The third-order valence-corrected chi connectivity index (χ3v) is 5.37. The first-order chi connectivity index (χ1) is 13.6. The summed E-state index contributed by atoms with van der Waals surface area (Å²) in [5, 5.41) is 0.852. The maximum Gasteiger partial charge on any atom is 0.289 e. The summed E-state index contributed by atoms with van der Waals surface area (Å²) in [6.07, 6.45) is 5.23. The van der Waals surface area contributed by atoms with Crippen molar-refractivity contribution < 1.29 is 18.7 Å². The summed E-state index contributed by atoms with van der Waals surface area (Å²) in [5.74, 6) is 1.53. The van der Waals surface area contributed by atoms with Crippen molar-refractivity contribution in [2.24, 2.45) is 0 Å². The molecule has 1 fully saturated rings. The molecular formula is C21H23N3O4. The van der Waals surface area contributed by atoms with Crippen LogP contribution in [-0.2, 0) is 0 Å². The number of aromatic nitrogens is 2. The van der Waals surface area contributed by atoms with E-state index >= 15 is 0 Å². The summed E-state index contributed by atoms with van der Waals surface area (Å²) < 4.78 is 16.8. The van der Waals surface area contributed by atoms with Crippen LogP contribution in [0.2, 0.25) is 0 Å². The van der Waals surface area contributed by atoms with Crippen LogP contribution in [0.1, 0.15) is 40.6 Å². The monoisotopic (exact) mass is 381 g/mol. The number of carbonyl (C=O) groups is 1. The zero-order valence-corrected chi connectivity index (χ0v) is 16.3. The Labute approximate surface area is 163 Å². The standard InChI is InChI=1S/C21H23N3O4/c1-13-15-6-7-17(26-2)20(27-3)19(15)28-18(13)21(25)24-10-4-5-14(11-24)16-8-9-22-12-23-16/h6-9,12,14H,4-5,10-11H2,1-3H3/t14-/m0/s1. The van der Waals surface area contributed by atoms with Crippen LogP contribution >= 0.6 is 0 Å². The fraction of sp³-hybridized carbons (Fsp3) is 0.381. The molecule has 2 aromatic heterocycles. The van der Waals surface area contributed by atoms with Crippen molar-refractivity contribution >= 4 is 16.9 Å². The molecule has 0 radical (unpaired) electrons. The lowest BCUT2D eigenvalue weighted by atomic mass is 9.94. The fourth-order valence-electron chi connectivity index (χ4n) is 3.89. The number of benzene rings is 1. The van der Waals surface area contributed by atoms with Gasteiger partial charge in [-0.3, -0.25) is 4.79 Å². The summed E-state index contributed by atoms with van der Waals surface area (Å²) in [5.41, 5.74) is 2.32. The summed E-state index contributed by atoms with van der Waals surface area (Å²) >= 11 is 0. The van der Waals surface area contributed by atoms with E-state index in [4.69, 9.17) is 13.9 Å². The maximum absolute atomic E-state index is 13.2. The highest BCUT2D eigenvalue weighted by molar-refractivity contribution is 6.00. The van der Waals surface area contributed by atoms with Crippen molar-refractivity contribution in [3.63, 3.8) is 0 Å². The first-order valence-electron chi connectivity index (χ1n) is 9.33. The van der Waals surface area contributed by atoms with Gasteiger partial charge >= 0.3 is 0 Å². The molecule has 3 heterocycles. The predicted molar refractivity (Wildman–Crippen MR) is 104 cm³/mol. The second-order valence-corrected chi connectivity index (χ2v) is 6.96. The molecule has 1 aliphatic heterocycles. The number of aryl methyl sites for hydroxylation is 1. The van der Waals surface area contributed by atoms with Crippen LogP contribution < -0.4 is 9.47 Å². The van der Waals surface area contributed by atoms with Gasteiger partial charge in [-0.25, -0.2) is 9.97 Å². The van der Waals surface area contributed by atoms with Crippen molar-refractivity contribution in [1.29, 1.82) is 0 Å². The molecule has 0 unspecified atom stereocenters. The molecule has 0 bridgehead atoms. The number of piperidine rings is 1. The quantitative estimate of drug-likeness (QED) is 0.688. The summed E-state index contributed by atoms with van der Waals surface area (Å²) in [6.45, 7) is 3.22. The lowest BCUT2D eigenvalue weighted by Gasteiger charge is -2.32. The largest absolute Gasteiger partial charge is 0.493 e. The van der Waals surface area contributed by atoms with Crippen molar-refractivity contribution in [2.75, 3.05) is 27.3 Å². The Kier molecular flexibility index (Phi) is 4.90. The Balaban J connectivity index is 1.66. The predicted octanol–water partition coefficient (Wildman–Crippen LogP) is 3.57. The summed E-state index contributed by atoms with van der Waals surface area (Å²) in [4.78, 5) is 23.4. The van der Waals surface area contributed by atoms with Crippen LogP contribution in [0.25, 0.3) is 11.0 Å². The molecule has 0 saturated carbocycles. The average molecular weight is 381 g/mol. The van der Waals surface area contributed by atoms with E-state index < -0.39 is 0 Å². The number of rotatable bonds is 4. The number of nitrogens with zero attached hydrogens (tertiary/aromatic N) is 3. The van der Waals surface area contributed by atoms with Gasteiger partial charge < -0.3 is 18.8 Å². The molecule has 28 heavy (non-hydrogen) atoms. The molecule has 7 nitrogen and oxygen atoms in total. The van der Waals surface area contributed by atoms with Gasteiger partial charge in [-0.2, -0.15) is 0 Å². The average Bonchev–Trinajstić information content (AvgIpc) is 3.09. The highest BCUT2D eigenvalue weighted by atomic mass is 16.5. The van der Waals surface area contributed by atoms with Crippen LogP contribution in [-0.4, -0.2) is 48.1 Å². The van der Waals surface area contributed by atoms with Gasteiger partial charge in [0.15, 0.2) is 17.1 Å². The second kappa shape index (κ2) is 7.50. The first kappa shape index (κ1) is 18.3. The number of methoxy groups -OCH3 is 2.